The molecule has 2 N–H and O–H groups in total. The molecule has 1 rings (SSSR count). The molecule has 0 aliphatic heterocycles. The molecule has 102 valence electrons. The van der Waals surface area contributed by atoms with Gasteiger partial charge in [-0.2, -0.15) is 15.0 Å². The highest BCUT2D eigenvalue weighted by Crippen LogP contribution is 2.13. The maximum Gasteiger partial charge on any atom is 0.323 e. The van der Waals surface area contributed by atoms with Crippen LogP contribution in [-0.4, -0.2) is 47.9 Å². The van der Waals surface area contributed by atoms with E-state index in [9.17, 15) is 0 Å². The Bertz CT molecular complexity index is 361. The lowest BCUT2D eigenvalue weighted by atomic mass is 10.5. The number of aromatic nitrogens is 3. The molecule has 0 fully saturated rings. The van der Waals surface area contributed by atoms with Crippen LogP contribution in [0.25, 0.3) is 0 Å². The summed E-state index contributed by atoms with van der Waals surface area (Å²) in [6.07, 6.45) is 0. The number of ether oxygens (including phenoxy) is 2. The molecule has 0 spiro atoms. The van der Waals surface area contributed by atoms with Crippen LogP contribution in [0.2, 0.25) is 0 Å². The van der Waals surface area contributed by atoms with E-state index in [4.69, 9.17) is 15.2 Å². The van der Waals surface area contributed by atoms with E-state index >= 15 is 0 Å². The molecule has 7 heteroatoms. The molecule has 0 bridgehead atoms. The first-order chi connectivity index (χ1) is 8.71. The molecule has 0 aliphatic carbocycles. The average Bonchev–Trinajstić information content (AvgIpc) is 2.34. The van der Waals surface area contributed by atoms with E-state index < -0.39 is 0 Å². The minimum Gasteiger partial charge on any atom is -0.464 e. The van der Waals surface area contributed by atoms with E-state index in [2.05, 4.69) is 15.0 Å². The quantitative estimate of drug-likeness (QED) is 0.685. The van der Waals surface area contributed by atoms with Crippen molar-refractivity contribution >= 4 is 11.9 Å². The van der Waals surface area contributed by atoms with Crippen molar-refractivity contribution in [2.24, 2.45) is 0 Å². The zero-order chi connectivity index (χ0) is 13.4. The van der Waals surface area contributed by atoms with E-state index in [1.165, 1.54) is 0 Å². The van der Waals surface area contributed by atoms with Crippen molar-refractivity contribution in [1.82, 2.24) is 15.0 Å². The normalized spacial score (nSPS) is 10.4. The zero-order valence-corrected chi connectivity index (χ0v) is 11.2. The van der Waals surface area contributed by atoms with Gasteiger partial charge in [-0.05, 0) is 20.8 Å². The van der Waals surface area contributed by atoms with Crippen LogP contribution in [0.3, 0.4) is 0 Å². The number of nitrogens with zero attached hydrogens (tertiary/aromatic N) is 4. The molecule has 0 aliphatic rings. The van der Waals surface area contributed by atoms with Crippen molar-refractivity contribution in [2.75, 3.05) is 43.5 Å². The Labute approximate surface area is 107 Å². The molecule has 0 saturated heterocycles. The Morgan fingerprint density at radius 1 is 1.11 bits per heavy atom. The van der Waals surface area contributed by atoms with Gasteiger partial charge in [0, 0.05) is 19.7 Å². The van der Waals surface area contributed by atoms with Gasteiger partial charge in [-0.25, -0.2) is 0 Å². The van der Waals surface area contributed by atoms with E-state index in [-0.39, 0.29) is 12.0 Å². The predicted molar refractivity (Wildman–Crippen MR) is 69.8 cm³/mol. The van der Waals surface area contributed by atoms with Gasteiger partial charge in [0.15, 0.2) is 0 Å². The van der Waals surface area contributed by atoms with E-state index in [1.807, 2.05) is 25.7 Å². The van der Waals surface area contributed by atoms with Crippen LogP contribution < -0.4 is 15.4 Å². The van der Waals surface area contributed by atoms with Gasteiger partial charge in [0.25, 0.3) is 0 Å². The van der Waals surface area contributed by atoms with Crippen molar-refractivity contribution in [1.29, 1.82) is 0 Å². The second-order valence-electron chi connectivity index (χ2n) is 3.49. The number of nitrogen functional groups attached to an aromatic ring is 1. The molecule has 0 atom stereocenters. The molecule has 0 radical (unpaired) electrons. The van der Waals surface area contributed by atoms with Crippen molar-refractivity contribution in [2.45, 2.75) is 20.8 Å². The molecule has 1 aromatic heterocycles. The lowest BCUT2D eigenvalue weighted by molar-refractivity contribution is 0.153. The minimum atomic E-state index is 0.165. The number of hydrogen-bond acceptors (Lipinski definition) is 7. The highest BCUT2D eigenvalue weighted by atomic mass is 16.5. The number of nitrogens with two attached hydrogens (primary N) is 1. The lowest BCUT2D eigenvalue weighted by Crippen LogP contribution is -2.29. The third kappa shape index (κ3) is 4.33. The summed E-state index contributed by atoms with van der Waals surface area (Å²) in [4.78, 5) is 14.2. The molecule has 0 aromatic carbocycles. The molecule has 18 heavy (non-hydrogen) atoms. The van der Waals surface area contributed by atoms with Gasteiger partial charge in [0.2, 0.25) is 11.9 Å². The summed E-state index contributed by atoms with van der Waals surface area (Å²) in [5.41, 5.74) is 5.64. The third-order valence-corrected chi connectivity index (χ3v) is 2.27. The predicted octanol–water partition coefficient (Wildman–Crippen LogP) is 0.715. The Morgan fingerprint density at radius 3 is 2.50 bits per heavy atom. The van der Waals surface area contributed by atoms with Crippen molar-refractivity contribution in [3.63, 3.8) is 0 Å². The second kappa shape index (κ2) is 7.65. The van der Waals surface area contributed by atoms with Gasteiger partial charge in [0.05, 0.1) is 13.2 Å². The summed E-state index contributed by atoms with van der Waals surface area (Å²) in [6.45, 7) is 9.14. The smallest absolute Gasteiger partial charge is 0.323 e. The molecular weight excluding hydrogens is 234 g/mol. The SMILES string of the molecule is CCOCCN(CC)c1nc(N)nc(OCC)n1. The van der Waals surface area contributed by atoms with Crippen molar-refractivity contribution in [3.05, 3.63) is 0 Å². The summed E-state index contributed by atoms with van der Waals surface area (Å²) in [7, 11) is 0. The molecule has 1 aromatic rings. The fourth-order valence-electron chi connectivity index (χ4n) is 1.41. The van der Waals surface area contributed by atoms with Crippen LogP contribution in [0.15, 0.2) is 0 Å². The van der Waals surface area contributed by atoms with Gasteiger partial charge in [0.1, 0.15) is 0 Å². The van der Waals surface area contributed by atoms with Crippen molar-refractivity contribution in [3.8, 4) is 6.01 Å². The number of hydrogen-bond donors (Lipinski definition) is 1. The summed E-state index contributed by atoms with van der Waals surface area (Å²) >= 11 is 0. The van der Waals surface area contributed by atoms with Gasteiger partial charge in [-0.3, -0.25) is 0 Å². The monoisotopic (exact) mass is 255 g/mol. The fourth-order valence-corrected chi connectivity index (χ4v) is 1.41. The van der Waals surface area contributed by atoms with Crippen LogP contribution in [0.4, 0.5) is 11.9 Å². The average molecular weight is 255 g/mol. The summed E-state index contributed by atoms with van der Waals surface area (Å²) in [5, 5.41) is 0. The molecule has 0 amide bonds. The van der Waals surface area contributed by atoms with Gasteiger partial charge in [-0.1, -0.05) is 0 Å². The molecule has 1 heterocycles. The Kier molecular flexibility index (Phi) is 6.13. The Balaban J connectivity index is 2.77. The number of likely N-dealkylation sites (N-methyl/N-ethyl adjacent to an activating group) is 1. The number of rotatable bonds is 8. The van der Waals surface area contributed by atoms with Crippen LogP contribution in [0.5, 0.6) is 6.01 Å². The highest BCUT2D eigenvalue weighted by Gasteiger charge is 2.11. The molecule has 7 nitrogen and oxygen atoms in total. The van der Waals surface area contributed by atoms with Gasteiger partial charge in [-0.15, -0.1) is 0 Å². The van der Waals surface area contributed by atoms with E-state index in [1.54, 1.807) is 0 Å². The maximum absolute atomic E-state index is 5.64. The second-order valence-corrected chi connectivity index (χ2v) is 3.49. The topological polar surface area (TPSA) is 86.4 Å². The summed E-state index contributed by atoms with van der Waals surface area (Å²) in [6, 6.07) is 0.259. The van der Waals surface area contributed by atoms with Crippen LogP contribution >= 0.6 is 0 Å². The van der Waals surface area contributed by atoms with E-state index in [0.717, 1.165) is 6.54 Å². The summed E-state index contributed by atoms with van der Waals surface area (Å²) in [5.74, 6) is 0.687. The minimum absolute atomic E-state index is 0.165. The first-order valence-electron chi connectivity index (χ1n) is 6.18. The summed E-state index contributed by atoms with van der Waals surface area (Å²) < 4.78 is 10.6. The van der Waals surface area contributed by atoms with Gasteiger partial charge < -0.3 is 20.1 Å². The first kappa shape index (κ1) is 14.4. The Morgan fingerprint density at radius 2 is 1.89 bits per heavy atom. The maximum atomic E-state index is 5.64. The Hall–Kier alpha value is -1.63. The van der Waals surface area contributed by atoms with Crippen molar-refractivity contribution < 1.29 is 9.47 Å². The molecule has 0 saturated carbocycles. The molecule has 0 unspecified atom stereocenters. The third-order valence-electron chi connectivity index (χ3n) is 2.27. The first-order valence-corrected chi connectivity index (χ1v) is 6.18. The van der Waals surface area contributed by atoms with E-state index in [0.29, 0.717) is 32.3 Å². The van der Waals surface area contributed by atoms with Crippen LogP contribution in [-0.2, 0) is 4.74 Å². The van der Waals surface area contributed by atoms with Crippen LogP contribution in [0.1, 0.15) is 20.8 Å². The molecular formula is C11H21N5O2. The fraction of sp³-hybridized carbons (Fsp3) is 0.727. The standard InChI is InChI=1S/C11H21N5O2/c1-4-16(7-8-17-5-2)10-13-9(12)14-11(15-10)18-6-3/h4-8H2,1-3H3,(H2,12,13,14,15). The zero-order valence-electron chi connectivity index (χ0n) is 11.2. The number of anilines is 2. The van der Waals surface area contributed by atoms with Gasteiger partial charge >= 0.3 is 6.01 Å². The van der Waals surface area contributed by atoms with Crippen LogP contribution in [0, 0.1) is 0 Å². The largest absolute Gasteiger partial charge is 0.464 e. The lowest BCUT2D eigenvalue weighted by Gasteiger charge is -2.20. The highest BCUT2D eigenvalue weighted by molar-refractivity contribution is 5.35.